The average molecular weight is 392 g/mol. The molecule has 0 spiro atoms. The molecule has 152 valence electrons. The second-order valence-corrected chi connectivity index (χ2v) is 8.40. The molecule has 5 rings (SSSR count). The van der Waals surface area contributed by atoms with E-state index in [0.717, 1.165) is 25.2 Å². The molecule has 2 aliphatic rings. The lowest BCUT2D eigenvalue weighted by Gasteiger charge is -2.35. The first-order valence-corrected chi connectivity index (χ1v) is 10.9. The monoisotopic (exact) mass is 391 g/mol. The van der Waals surface area contributed by atoms with E-state index < -0.39 is 0 Å². The van der Waals surface area contributed by atoms with Crippen LogP contribution < -0.4 is 5.76 Å². The van der Waals surface area contributed by atoms with Crippen molar-refractivity contribution in [3.05, 3.63) is 70.7 Å². The third-order valence-electron chi connectivity index (χ3n) is 6.69. The van der Waals surface area contributed by atoms with Gasteiger partial charge in [-0.15, -0.1) is 0 Å². The molecule has 3 aromatic rings. The molecule has 2 aliphatic heterocycles. The number of nitrogens with zero attached hydrogens (tertiary/aromatic N) is 3. The van der Waals surface area contributed by atoms with Crippen molar-refractivity contribution in [3.63, 3.8) is 0 Å². The van der Waals surface area contributed by atoms with Crippen LogP contribution in [0.5, 0.6) is 0 Å². The van der Waals surface area contributed by atoms with E-state index in [1.165, 1.54) is 37.8 Å². The summed E-state index contributed by atoms with van der Waals surface area (Å²) in [5.41, 5.74) is 2.99. The number of rotatable bonds is 6. The first kappa shape index (κ1) is 18.6. The molecule has 3 heterocycles. The van der Waals surface area contributed by atoms with Crippen molar-refractivity contribution in [1.29, 1.82) is 0 Å². The molecule has 2 fully saturated rings. The third-order valence-corrected chi connectivity index (χ3v) is 6.69. The molecule has 29 heavy (non-hydrogen) atoms. The molecular weight excluding hydrogens is 362 g/mol. The maximum absolute atomic E-state index is 12.3. The minimum Gasteiger partial charge on any atom is -0.408 e. The zero-order valence-electron chi connectivity index (χ0n) is 16.9. The lowest BCUT2D eigenvalue weighted by atomic mass is 10.0. The van der Waals surface area contributed by atoms with Gasteiger partial charge in [-0.2, -0.15) is 0 Å². The standard InChI is InChI=1S/C24H29N3O2/c28-24-27(22-10-4-5-13-23(22)29-24)17-16-25-14-6-11-20(25)21-12-7-15-26(21)18-19-8-2-1-3-9-19/h1-5,8-10,13,20-21H,6-7,11-12,14-18H2. The van der Waals surface area contributed by atoms with Gasteiger partial charge in [-0.3, -0.25) is 14.4 Å². The van der Waals surface area contributed by atoms with E-state index in [1.54, 1.807) is 4.57 Å². The Balaban J connectivity index is 1.28. The van der Waals surface area contributed by atoms with Gasteiger partial charge in [0.15, 0.2) is 5.58 Å². The van der Waals surface area contributed by atoms with Crippen LogP contribution in [0.3, 0.4) is 0 Å². The quantitative estimate of drug-likeness (QED) is 0.642. The molecular formula is C24H29N3O2. The van der Waals surface area contributed by atoms with Gasteiger partial charge in [-0.05, 0) is 56.5 Å². The zero-order chi connectivity index (χ0) is 19.6. The first-order chi connectivity index (χ1) is 14.3. The van der Waals surface area contributed by atoms with E-state index >= 15 is 0 Å². The Bertz CT molecular complexity index is 1010. The van der Waals surface area contributed by atoms with Crippen molar-refractivity contribution in [2.45, 2.75) is 50.9 Å². The second kappa shape index (κ2) is 8.17. The molecule has 5 nitrogen and oxygen atoms in total. The highest BCUT2D eigenvalue weighted by Crippen LogP contribution is 2.31. The van der Waals surface area contributed by atoms with Crippen molar-refractivity contribution in [2.75, 3.05) is 19.6 Å². The van der Waals surface area contributed by atoms with E-state index in [4.69, 9.17) is 4.42 Å². The van der Waals surface area contributed by atoms with Crippen LogP contribution in [0.4, 0.5) is 0 Å². The highest BCUT2D eigenvalue weighted by atomic mass is 16.4. The topological polar surface area (TPSA) is 41.6 Å². The summed E-state index contributed by atoms with van der Waals surface area (Å²) in [5, 5.41) is 0. The van der Waals surface area contributed by atoms with Gasteiger partial charge >= 0.3 is 5.76 Å². The molecule has 1 aromatic heterocycles. The van der Waals surface area contributed by atoms with Gasteiger partial charge in [0.2, 0.25) is 0 Å². The molecule has 2 saturated heterocycles. The highest BCUT2D eigenvalue weighted by molar-refractivity contribution is 5.72. The van der Waals surface area contributed by atoms with Gasteiger partial charge in [0.25, 0.3) is 0 Å². The van der Waals surface area contributed by atoms with E-state index in [9.17, 15) is 4.79 Å². The van der Waals surface area contributed by atoms with Crippen molar-refractivity contribution in [1.82, 2.24) is 14.4 Å². The molecule has 2 atom stereocenters. The fourth-order valence-electron chi connectivity index (χ4n) is 5.32. The summed E-state index contributed by atoms with van der Waals surface area (Å²) in [5.74, 6) is -0.242. The van der Waals surface area contributed by atoms with Gasteiger partial charge in [0.1, 0.15) is 0 Å². The van der Waals surface area contributed by atoms with Crippen LogP contribution in [0, 0.1) is 0 Å². The molecule has 0 bridgehead atoms. The van der Waals surface area contributed by atoms with Gasteiger partial charge in [0.05, 0.1) is 5.52 Å². The Kier molecular flexibility index (Phi) is 5.25. The molecule has 0 aliphatic carbocycles. The molecule has 0 saturated carbocycles. The van der Waals surface area contributed by atoms with Crippen molar-refractivity contribution in [3.8, 4) is 0 Å². The molecule has 0 radical (unpaired) electrons. The van der Waals surface area contributed by atoms with Crippen molar-refractivity contribution in [2.24, 2.45) is 0 Å². The largest absolute Gasteiger partial charge is 0.419 e. The summed E-state index contributed by atoms with van der Waals surface area (Å²) < 4.78 is 7.20. The van der Waals surface area contributed by atoms with Crippen LogP contribution in [-0.2, 0) is 13.1 Å². The smallest absolute Gasteiger partial charge is 0.408 e. The predicted octanol–water partition coefficient (Wildman–Crippen LogP) is 3.72. The van der Waals surface area contributed by atoms with Crippen molar-refractivity contribution >= 4 is 11.1 Å². The normalized spacial score (nSPS) is 23.3. The van der Waals surface area contributed by atoms with Gasteiger partial charge in [-0.1, -0.05) is 42.5 Å². The molecule has 5 heteroatoms. The lowest BCUT2D eigenvalue weighted by molar-refractivity contribution is 0.126. The number of benzene rings is 2. The molecule has 0 amide bonds. The fraction of sp³-hybridized carbons (Fsp3) is 0.458. The van der Waals surface area contributed by atoms with Crippen LogP contribution in [0.1, 0.15) is 31.2 Å². The van der Waals surface area contributed by atoms with Gasteiger partial charge in [-0.25, -0.2) is 4.79 Å². The lowest BCUT2D eigenvalue weighted by Crippen LogP contribution is -2.46. The summed E-state index contributed by atoms with van der Waals surface area (Å²) in [6.45, 7) is 4.96. The molecule has 0 N–H and O–H groups in total. The summed E-state index contributed by atoms with van der Waals surface area (Å²) >= 11 is 0. The number of aromatic nitrogens is 1. The van der Waals surface area contributed by atoms with E-state index in [1.807, 2.05) is 24.3 Å². The molecule has 2 aromatic carbocycles. The number of hydrogen-bond donors (Lipinski definition) is 0. The van der Waals surface area contributed by atoms with Gasteiger partial charge < -0.3 is 4.42 Å². The maximum atomic E-state index is 12.3. The fourth-order valence-corrected chi connectivity index (χ4v) is 5.32. The van der Waals surface area contributed by atoms with Crippen molar-refractivity contribution < 1.29 is 4.42 Å². The summed E-state index contributed by atoms with van der Waals surface area (Å²) in [4.78, 5) is 17.6. The van der Waals surface area contributed by atoms with Crippen LogP contribution in [0.25, 0.3) is 11.1 Å². The third kappa shape index (κ3) is 3.77. The van der Waals surface area contributed by atoms with E-state index in [-0.39, 0.29) is 5.76 Å². The Labute approximate surface area is 171 Å². The highest BCUT2D eigenvalue weighted by Gasteiger charge is 2.37. The second-order valence-electron chi connectivity index (χ2n) is 8.40. The number of hydrogen-bond acceptors (Lipinski definition) is 4. The summed E-state index contributed by atoms with van der Waals surface area (Å²) in [7, 11) is 0. The SMILES string of the molecule is O=c1oc2ccccc2n1CCN1CCCC1C1CCCN1Cc1ccccc1. The Morgan fingerprint density at radius 3 is 2.34 bits per heavy atom. The number of fused-ring (bicyclic) bond motifs is 1. The Morgan fingerprint density at radius 1 is 0.828 bits per heavy atom. The minimum absolute atomic E-state index is 0.242. The van der Waals surface area contributed by atoms with E-state index in [0.29, 0.717) is 24.2 Å². The molecule has 2 unspecified atom stereocenters. The first-order valence-electron chi connectivity index (χ1n) is 10.9. The number of likely N-dealkylation sites (tertiary alicyclic amines) is 2. The van der Waals surface area contributed by atoms with Crippen LogP contribution in [0.15, 0.2) is 63.8 Å². The van der Waals surface area contributed by atoms with E-state index in [2.05, 4.69) is 40.1 Å². The minimum atomic E-state index is -0.242. The number of oxazole rings is 1. The maximum Gasteiger partial charge on any atom is 0.419 e. The zero-order valence-corrected chi connectivity index (χ0v) is 16.9. The Hall–Kier alpha value is -2.37. The Morgan fingerprint density at radius 2 is 1.52 bits per heavy atom. The van der Waals surface area contributed by atoms with Crippen LogP contribution >= 0.6 is 0 Å². The summed E-state index contributed by atoms with van der Waals surface area (Å²) in [6.07, 6.45) is 5.08. The average Bonchev–Trinajstić information content (AvgIpc) is 3.45. The van der Waals surface area contributed by atoms with Crippen LogP contribution in [-0.4, -0.2) is 46.1 Å². The summed E-state index contributed by atoms with van der Waals surface area (Å²) in [6, 6.07) is 19.8. The number of para-hydroxylation sites is 2. The van der Waals surface area contributed by atoms with Crippen LogP contribution in [0.2, 0.25) is 0 Å². The van der Waals surface area contributed by atoms with Gasteiger partial charge in [0, 0.05) is 31.7 Å². The predicted molar refractivity (Wildman–Crippen MR) is 115 cm³/mol.